The number of hydrogen-bond acceptors (Lipinski definition) is 4. The molecule has 0 saturated carbocycles. The van der Waals surface area contributed by atoms with Gasteiger partial charge in [-0.25, -0.2) is 8.42 Å². The summed E-state index contributed by atoms with van der Waals surface area (Å²) in [7, 11) is -4.32. The number of anilines is 1. The molecule has 0 spiro atoms. The van der Waals surface area contributed by atoms with Crippen LogP contribution in [0.2, 0.25) is 20.1 Å². The average molecular weight is 722 g/mol. The van der Waals surface area contributed by atoms with Crippen molar-refractivity contribution in [2.45, 2.75) is 50.2 Å². The van der Waals surface area contributed by atoms with E-state index in [1.807, 2.05) is 44.2 Å². The molecule has 0 radical (unpaired) electrons. The average Bonchev–Trinajstić information content (AvgIpc) is 3.03. The predicted octanol–water partition coefficient (Wildman–Crippen LogP) is 8.05. The minimum Gasteiger partial charge on any atom is -0.352 e. The predicted molar refractivity (Wildman–Crippen MR) is 186 cm³/mol. The summed E-state index contributed by atoms with van der Waals surface area (Å²) in [5.74, 6) is -1.06. The number of benzene rings is 4. The number of nitrogens with zero attached hydrogens (tertiary/aromatic N) is 2. The van der Waals surface area contributed by atoms with Gasteiger partial charge in [-0.3, -0.25) is 13.9 Å². The standard InChI is InChI=1S/C34H33Cl4N3O4S/c1-3-23(2)39-34(43)32(19-24-9-5-4-6-10-24)40(21-29-30(37)13-8-14-31(29)38)33(42)22-41(27-12-7-11-26(36)20-27)46(44,45)28-17-15-25(35)16-18-28/h4-18,20,23,32H,3,19,21-22H2,1-2H3,(H,39,43). The Morgan fingerprint density at radius 2 is 1.43 bits per heavy atom. The van der Waals surface area contributed by atoms with Crippen LogP contribution in [0.5, 0.6) is 0 Å². The molecule has 4 aromatic rings. The molecule has 0 fully saturated rings. The Hall–Kier alpha value is -3.27. The first kappa shape index (κ1) is 35.6. The van der Waals surface area contributed by atoms with Crippen molar-refractivity contribution in [2.24, 2.45) is 0 Å². The second-order valence-corrected chi connectivity index (χ2v) is 14.2. The van der Waals surface area contributed by atoms with Gasteiger partial charge in [-0.2, -0.15) is 0 Å². The lowest BCUT2D eigenvalue weighted by Gasteiger charge is -2.34. The van der Waals surface area contributed by atoms with Crippen molar-refractivity contribution >= 4 is 73.9 Å². The third kappa shape index (κ3) is 8.96. The molecule has 0 aromatic heterocycles. The lowest BCUT2D eigenvalue weighted by molar-refractivity contribution is -0.140. The first-order chi connectivity index (χ1) is 21.9. The van der Waals surface area contributed by atoms with Gasteiger partial charge in [0.1, 0.15) is 12.6 Å². The summed E-state index contributed by atoms with van der Waals surface area (Å²) in [5, 5.41) is 4.21. The summed E-state index contributed by atoms with van der Waals surface area (Å²) < 4.78 is 29.2. The molecule has 2 unspecified atom stereocenters. The topological polar surface area (TPSA) is 86.8 Å². The van der Waals surface area contributed by atoms with Crippen LogP contribution in [0.4, 0.5) is 5.69 Å². The summed E-state index contributed by atoms with van der Waals surface area (Å²) in [6.45, 7) is 2.99. The third-order valence-electron chi connectivity index (χ3n) is 7.44. The number of carbonyl (C=O) groups is 2. The van der Waals surface area contributed by atoms with Crippen LogP contribution >= 0.6 is 46.4 Å². The van der Waals surface area contributed by atoms with E-state index >= 15 is 0 Å². The van der Waals surface area contributed by atoms with Gasteiger partial charge in [-0.05, 0) is 73.5 Å². The number of amides is 2. The van der Waals surface area contributed by atoms with Gasteiger partial charge in [0.25, 0.3) is 10.0 Å². The number of nitrogens with one attached hydrogen (secondary N) is 1. The molecule has 242 valence electrons. The van der Waals surface area contributed by atoms with Gasteiger partial charge in [-0.15, -0.1) is 0 Å². The molecule has 0 saturated heterocycles. The van der Waals surface area contributed by atoms with E-state index in [-0.39, 0.29) is 34.6 Å². The fraction of sp³-hybridized carbons (Fsp3) is 0.235. The number of rotatable bonds is 13. The highest BCUT2D eigenvalue weighted by Crippen LogP contribution is 2.30. The minimum atomic E-state index is -4.32. The lowest BCUT2D eigenvalue weighted by Crippen LogP contribution is -2.54. The number of sulfonamides is 1. The first-order valence-corrected chi connectivity index (χ1v) is 17.5. The molecule has 4 rings (SSSR count). The maximum absolute atomic E-state index is 14.6. The summed E-state index contributed by atoms with van der Waals surface area (Å²) in [6, 6.07) is 24.8. The lowest BCUT2D eigenvalue weighted by atomic mass is 10.0. The molecule has 2 atom stereocenters. The Bertz CT molecular complexity index is 1750. The Kier molecular flexibility index (Phi) is 12.4. The van der Waals surface area contributed by atoms with Gasteiger partial charge < -0.3 is 10.2 Å². The molecule has 2 amide bonds. The van der Waals surface area contributed by atoms with Crippen LogP contribution in [0.25, 0.3) is 0 Å². The van der Waals surface area contributed by atoms with Crippen molar-refractivity contribution in [1.82, 2.24) is 10.2 Å². The molecule has 1 N–H and O–H groups in total. The van der Waals surface area contributed by atoms with Gasteiger partial charge in [0, 0.05) is 44.7 Å². The number of carbonyl (C=O) groups excluding carboxylic acids is 2. The summed E-state index contributed by atoms with van der Waals surface area (Å²) in [4.78, 5) is 29.8. The highest BCUT2D eigenvalue weighted by Gasteiger charge is 2.35. The van der Waals surface area contributed by atoms with E-state index in [9.17, 15) is 18.0 Å². The minimum absolute atomic E-state index is 0.0827. The second-order valence-electron chi connectivity index (χ2n) is 10.7. The summed E-state index contributed by atoms with van der Waals surface area (Å²) >= 11 is 25.4. The Morgan fingerprint density at radius 1 is 0.804 bits per heavy atom. The van der Waals surface area contributed by atoms with Crippen LogP contribution in [-0.4, -0.2) is 43.8 Å². The fourth-order valence-electron chi connectivity index (χ4n) is 4.74. The zero-order chi connectivity index (χ0) is 33.4. The Balaban J connectivity index is 1.84. The molecule has 46 heavy (non-hydrogen) atoms. The van der Waals surface area contributed by atoms with Gasteiger partial charge in [0.2, 0.25) is 11.8 Å². The highest BCUT2D eigenvalue weighted by atomic mass is 35.5. The van der Waals surface area contributed by atoms with Crippen molar-refractivity contribution in [3.63, 3.8) is 0 Å². The summed E-state index contributed by atoms with van der Waals surface area (Å²) in [5.41, 5.74) is 1.38. The molecule has 7 nitrogen and oxygen atoms in total. The van der Waals surface area contributed by atoms with Crippen molar-refractivity contribution in [3.8, 4) is 0 Å². The van der Waals surface area contributed by atoms with Gasteiger partial charge in [0.15, 0.2) is 0 Å². The molecule has 0 bridgehead atoms. The number of halogens is 4. The smallest absolute Gasteiger partial charge is 0.264 e. The van der Waals surface area contributed by atoms with Gasteiger partial charge in [0.05, 0.1) is 10.6 Å². The van der Waals surface area contributed by atoms with Crippen LogP contribution in [0, 0.1) is 0 Å². The third-order valence-corrected chi connectivity index (χ3v) is 10.4. The van der Waals surface area contributed by atoms with Crippen molar-refractivity contribution < 1.29 is 18.0 Å². The Labute approximate surface area is 290 Å². The van der Waals surface area contributed by atoms with E-state index in [2.05, 4.69) is 5.32 Å². The molecule has 4 aromatic carbocycles. The highest BCUT2D eigenvalue weighted by molar-refractivity contribution is 7.92. The van der Waals surface area contributed by atoms with Crippen LogP contribution < -0.4 is 9.62 Å². The quantitative estimate of drug-likeness (QED) is 0.152. The molecule has 0 aliphatic carbocycles. The van der Waals surface area contributed by atoms with E-state index < -0.39 is 34.4 Å². The Morgan fingerprint density at radius 3 is 2.04 bits per heavy atom. The maximum atomic E-state index is 14.6. The SMILES string of the molecule is CCC(C)NC(=O)C(Cc1ccccc1)N(Cc1c(Cl)cccc1Cl)C(=O)CN(c1cccc(Cl)c1)S(=O)(=O)c1ccc(Cl)cc1. The zero-order valence-corrected chi connectivity index (χ0v) is 29.0. The largest absolute Gasteiger partial charge is 0.352 e. The monoisotopic (exact) mass is 719 g/mol. The molecule has 12 heteroatoms. The van der Waals surface area contributed by atoms with Crippen molar-refractivity contribution in [1.29, 1.82) is 0 Å². The zero-order valence-electron chi connectivity index (χ0n) is 25.2. The van der Waals surface area contributed by atoms with E-state index in [0.717, 1.165) is 9.87 Å². The van der Waals surface area contributed by atoms with Crippen molar-refractivity contribution in [2.75, 3.05) is 10.8 Å². The van der Waals surface area contributed by atoms with Crippen LogP contribution in [0.3, 0.4) is 0 Å². The van der Waals surface area contributed by atoms with E-state index in [4.69, 9.17) is 46.4 Å². The normalized spacial score (nSPS) is 12.7. The van der Waals surface area contributed by atoms with E-state index in [1.165, 1.54) is 35.2 Å². The molecule has 0 aliphatic rings. The van der Waals surface area contributed by atoms with Crippen LogP contribution in [0.1, 0.15) is 31.4 Å². The first-order valence-electron chi connectivity index (χ1n) is 14.5. The molecular formula is C34H33Cl4N3O4S. The van der Waals surface area contributed by atoms with Gasteiger partial charge >= 0.3 is 0 Å². The number of hydrogen-bond donors (Lipinski definition) is 1. The van der Waals surface area contributed by atoms with E-state index in [0.29, 0.717) is 27.1 Å². The molecule has 0 heterocycles. The second kappa shape index (κ2) is 16.0. The summed E-state index contributed by atoms with van der Waals surface area (Å²) in [6.07, 6.45) is 0.813. The van der Waals surface area contributed by atoms with E-state index in [1.54, 1.807) is 36.4 Å². The maximum Gasteiger partial charge on any atom is 0.264 e. The van der Waals surface area contributed by atoms with Crippen LogP contribution in [0.15, 0.2) is 102 Å². The van der Waals surface area contributed by atoms with Crippen molar-refractivity contribution in [3.05, 3.63) is 128 Å². The van der Waals surface area contributed by atoms with Gasteiger partial charge in [-0.1, -0.05) is 95.8 Å². The van der Waals surface area contributed by atoms with Crippen LogP contribution in [-0.2, 0) is 32.6 Å². The molecule has 0 aliphatic heterocycles. The fourth-order valence-corrected chi connectivity index (χ4v) is 6.98. The molecular weight excluding hydrogens is 688 g/mol.